The van der Waals surface area contributed by atoms with Crippen LogP contribution in [0.5, 0.6) is 0 Å². The Balaban J connectivity index is 2.13. The van der Waals surface area contributed by atoms with Crippen LogP contribution in [0, 0.1) is 22.7 Å². The number of nitriles is 2. The summed E-state index contributed by atoms with van der Waals surface area (Å²) in [5.41, 5.74) is 2.32. The zero-order chi connectivity index (χ0) is 22.1. The maximum Gasteiger partial charge on any atom is 0.233 e. The van der Waals surface area contributed by atoms with Gasteiger partial charge in [-0.3, -0.25) is 4.79 Å². The van der Waals surface area contributed by atoms with E-state index in [0.29, 0.717) is 24.8 Å². The van der Waals surface area contributed by atoms with Crippen molar-refractivity contribution in [1.82, 2.24) is 19.7 Å². The lowest BCUT2D eigenvalue weighted by Gasteiger charge is -2.20. The van der Waals surface area contributed by atoms with Crippen LogP contribution in [0.4, 0.5) is 0 Å². The molecule has 0 aliphatic heterocycles. The van der Waals surface area contributed by atoms with Gasteiger partial charge in [-0.2, -0.15) is 10.5 Å². The maximum absolute atomic E-state index is 12.6. The van der Waals surface area contributed by atoms with E-state index in [-0.39, 0.29) is 29.9 Å². The number of rotatable bonds is 9. The Hall–Kier alpha value is -2.84. The van der Waals surface area contributed by atoms with Crippen LogP contribution >= 0.6 is 11.8 Å². The average Bonchev–Trinajstić information content (AvgIpc) is 3.14. The third kappa shape index (κ3) is 6.08. The van der Waals surface area contributed by atoms with Gasteiger partial charge in [-0.25, -0.2) is 0 Å². The number of aromatic nitrogens is 3. The first-order chi connectivity index (χ1) is 14.3. The third-order valence-corrected chi connectivity index (χ3v) is 5.66. The number of carbonyl (C=O) groups is 1. The summed E-state index contributed by atoms with van der Waals surface area (Å²) < 4.78 is 2.00. The minimum atomic E-state index is -0.104. The van der Waals surface area contributed by atoms with Gasteiger partial charge in [-0.05, 0) is 17.9 Å². The van der Waals surface area contributed by atoms with Gasteiger partial charge in [0.05, 0.1) is 30.7 Å². The van der Waals surface area contributed by atoms with E-state index in [4.69, 9.17) is 10.5 Å². The molecule has 0 unspecified atom stereocenters. The molecule has 0 radical (unpaired) electrons. The van der Waals surface area contributed by atoms with E-state index >= 15 is 0 Å². The highest BCUT2D eigenvalue weighted by atomic mass is 32.2. The average molecular weight is 425 g/mol. The van der Waals surface area contributed by atoms with Gasteiger partial charge in [0, 0.05) is 25.2 Å². The predicted molar refractivity (Wildman–Crippen MR) is 118 cm³/mol. The summed E-state index contributed by atoms with van der Waals surface area (Å²) in [5, 5.41) is 26.9. The fraction of sp³-hybridized carbons (Fsp3) is 0.500. The van der Waals surface area contributed by atoms with Crippen molar-refractivity contribution in [2.24, 2.45) is 0 Å². The number of nitrogens with zero attached hydrogens (tertiary/aromatic N) is 6. The molecule has 8 heteroatoms. The molecule has 0 saturated heterocycles. The van der Waals surface area contributed by atoms with Crippen molar-refractivity contribution in [3.8, 4) is 23.5 Å². The van der Waals surface area contributed by atoms with Crippen LogP contribution in [0.25, 0.3) is 11.4 Å². The van der Waals surface area contributed by atoms with E-state index in [0.717, 1.165) is 11.4 Å². The number of hydrogen-bond acceptors (Lipinski definition) is 6. The Morgan fingerprint density at radius 2 is 1.70 bits per heavy atom. The monoisotopic (exact) mass is 424 g/mol. The summed E-state index contributed by atoms with van der Waals surface area (Å²) in [6.45, 7) is 9.92. The SMILES string of the molecule is CCn1c(SCC(=O)N(CCC#N)CCC#N)nnc1-c1ccc(C(C)(C)C)cc1. The van der Waals surface area contributed by atoms with Gasteiger partial charge >= 0.3 is 0 Å². The van der Waals surface area contributed by atoms with E-state index in [9.17, 15) is 4.79 Å². The van der Waals surface area contributed by atoms with Gasteiger partial charge < -0.3 is 9.47 Å². The van der Waals surface area contributed by atoms with Gasteiger partial charge in [-0.15, -0.1) is 10.2 Å². The van der Waals surface area contributed by atoms with Crippen LogP contribution in [0.2, 0.25) is 0 Å². The van der Waals surface area contributed by atoms with Gasteiger partial charge in [0.2, 0.25) is 5.91 Å². The van der Waals surface area contributed by atoms with E-state index in [2.05, 4.69) is 55.2 Å². The topological polar surface area (TPSA) is 98.6 Å². The molecule has 158 valence electrons. The van der Waals surface area contributed by atoms with Crippen molar-refractivity contribution in [1.29, 1.82) is 10.5 Å². The van der Waals surface area contributed by atoms with Crippen molar-refractivity contribution in [2.75, 3.05) is 18.8 Å². The van der Waals surface area contributed by atoms with Crippen molar-refractivity contribution < 1.29 is 4.79 Å². The number of carbonyl (C=O) groups excluding carboxylic acids is 1. The summed E-state index contributed by atoms with van der Waals surface area (Å²) in [6, 6.07) is 12.4. The van der Waals surface area contributed by atoms with Crippen molar-refractivity contribution in [3.05, 3.63) is 29.8 Å². The first-order valence-electron chi connectivity index (χ1n) is 10.00. The molecule has 0 fully saturated rings. The second kappa shape index (κ2) is 10.8. The molecule has 1 amide bonds. The van der Waals surface area contributed by atoms with Gasteiger partial charge in [0.1, 0.15) is 0 Å². The summed E-state index contributed by atoms with van der Waals surface area (Å²) in [6.07, 6.45) is 0.503. The third-order valence-electron chi connectivity index (χ3n) is 4.71. The summed E-state index contributed by atoms with van der Waals surface area (Å²) in [7, 11) is 0. The fourth-order valence-electron chi connectivity index (χ4n) is 2.96. The Morgan fingerprint density at radius 1 is 1.10 bits per heavy atom. The molecule has 7 nitrogen and oxygen atoms in total. The van der Waals surface area contributed by atoms with Crippen LogP contribution in [-0.2, 0) is 16.8 Å². The van der Waals surface area contributed by atoms with Crippen molar-refractivity contribution in [3.63, 3.8) is 0 Å². The highest BCUT2D eigenvalue weighted by Crippen LogP contribution is 2.27. The standard InChI is InChI=1S/C22H28N6OS/c1-5-28-20(17-8-10-18(11-9-17)22(2,3)4)25-26-21(28)30-16-19(29)27(14-6-12-23)15-7-13-24/h8-11H,5-7,14-16H2,1-4H3. The lowest BCUT2D eigenvalue weighted by molar-refractivity contribution is -0.128. The first kappa shape index (κ1) is 23.4. The van der Waals surface area contributed by atoms with Crippen LogP contribution in [0.1, 0.15) is 46.1 Å². The minimum Gasteiger partial charge on any atom is -0.340 e. The molecular formula is C22H28N6OS. The van der Waals surface area contributed by atoms with Crippen molar-refractivity contribution in [2.45, 2.75) is 57.7 Å². The van der Waals surface area contributed by atoms with Gasteiger partial charge in [0.25, 0.3) is 0 Å². The second-order valence-electron chi connectivity index (χ2n) is 7.86. The molecule has 1 aromatic heterocycles. The quantitative estimate of drug-likeness (QED) is 0.564. The van der Waals surface area contributed by atoms with Crippen LogP contribution in [0.15, 0.2) is 29.4 Å². The molecule has 1 aromatic carbocycles. The molecule has 0 atom stereocenters. The van der Waals surface area contributed by atoms with E-state index in [1.165, 1.54) is 17.3 Å². The van der Waals surface area contributed by atoms with Crippen molar-refractivity contribution >= 4 is 17.7 Å². The molecule has 30 heavy (non-hydrogen) atoms. The molecule has 0 saturated carbocycles. The molecule has 0 aliphatic rings. The zero-order valence-electron chi connectivity index (χ0n) is 18.1. The normalized spacial score (nSPS) is 11.0. The molecule has 2 aromatic rings. The number of benzene rings is 1. The van der Waals surface area contributed by atoms with Gasteiger partial charge in [-0.1, -0.05) is 56.8 Å². The molecule has 0 aliphatic carbocycles. The minimum absolute atomic E-state index is 0.0846. The molecule has 0 N–H and O–H groups in total. The lowest BCUT2D eigenvalue weighted by Crippen LogP contribution is -2.34. The molecule has 2 rings (SSSR count). The maximum atomic E-state index is 12.6. The van der Waals surface area contributed by atoms with E-state index in [1.54, 1.807) is 4.90 Å². The molecular weight excluding hydrogens is 396 g/mol. The summed E-state index contributed by atoms with van der Waals surface area (Å²) >= 11 is 1.33. The van der Waals surface area contributed by atoms with Gasteiger partial charge in [0.15, 0.2) is 11.0 Å². The predicted octanol–water partition coefficient (Wildman–Crippen LogP) is 4.01. The Bertz CT molecular complexity index is 913. The van der Waals surface area contributed by atoms with Crippen LogP contribution in [-0.4, -0.2) is 44.4 Å². The van der Waals surface area contributed by atoms with Crippen LogP contribution < -0.4 is 0 Å². The number of hydrogen-bond donors (Lipinski definition) is 0. The molecule has 1 heterocycles. The summed E-state index contributed by atoms with van der Waals surface area (Å²) in [5.74, 6) is 0.865. The fourth-order valence-corrected chi connectivity index (χ4v) is 3.87. The van der Waals surface area contributed by atoms with E-state index < -0.39 is 0 Å². The first-order valence-corrected chi connectivity index (χ1v) is 11.0. The molecule has 0 bridgehead atoms. The Labute approximate surface area is 182 Å². The van der Waals surface area contributed by atoms with E-state index in [1.807, 2.05) is 23.6 Å². The zero-order valence-corrected chi connectivity index (χ0v) is 18.9. The summed E-state index contributed by atoms with van der Waals surface area (Å²) in [4.78, 5) is 14.1. The highest BCUT2D eigenvalue weighted by molar-refractivity contribution is 7.99. The highest BCUT2D eigenvalue weighted by Gasteiger charge is 2.19. The Morgan fingerprint density at radius 3 is 2.20 bits per heavy atom. The van der Waals surface area contributed by atoms with Crippen LogP contribution in [0.3, 0.4) is 0 Å². The number of amides is 1. The lowest BCUT2D eigenvalue weighted by atomic mass is 9.87. The smallest absolute Gasteiger partial charge is 0.233 e. The molecule has 0 spiro atoms. The Kier molecular flexibility index (Phi) is 8.44. The largest absolute Gasteiger partial charge is 0.340 e. The second-order valence-corrected chi connectivity index (χ2v) is 8.81. The number of thioether (sulfide) groups is 1.